The van der Waals surface area contributed by atoms with Crippen molar-refractivity contribution in [2.75, 3.05) is 39.8 Å². The Balaban J connectivity index is 1.62. The summed E-state index contributed by atoms with van der Waals surface area (Å²) in [5.74, 6) is 1.02. The lowest BCUT2D eigenvalue weighted by Crippen LogP contribution is -2.56. The molecule has 2 heterocycles. The van der Waals surface area contributed by atoms with Gasteiger partial charge in [0.15, 0.2) is 0 Å². The van der Waals surface area contributed by atoms with Crippen LogP contribution in [0.4, 0.5) is 4.79 Å². The zero-order valence-electron chi connectivity index (χ0n) is 15.0. The molecule has 1 aromatic heterocycles. The molecule has 1 N–H and O–H groups in total. The Labute approximate surface area is 144 Å². The topological polar surface area (TPSA) is 62.6 Å². The number of nitrogens with zero attached hydrogens (tertiary/aromatic N) is 4. The van der Waals surface area contributed by atoms with Gasteiger partial charge in [-0.1, -0.05) is 6.92 Å². The van der Waals surface area contributed by atoms with E-state index in [1.54, 1.807) is 7.11 Å². The molecule has 1 aliphatic heterocycles. The number of carbonyl (C=O) groups excluding carboxylic acids is 1. The van der Waals surface area contributed by atoms with Crippen LogP contribution in [0.3, 0.4) is 0 Å². The van der Waals surface area contributed by atoms with E-state index in [-0.39, 0.29) is 17.7 Å². The number of aryl methyl sites for hydroxylation is 1. The zero-order valence-corrected chi connectivity index (χ0v) is 15.0. The fourth-order valence-electron chi connectivity index (χ4n) is 3.70. The van der Waals surface area contributed by atoms with Gasteiger partial charge >= 0.3 is 6.03 Å². The number of amides is 2. The van der Waals surface area contributed by atoms with Gasteiger partial charge in [-0.2, -0.15) is 0 Å². The molecule has 0 bridgehead atoms. The van der Waals surface area contributed by atoms with Crippen molar-refractivity contribution >= 4 is 6.03 Å². The number of urea groups is 1. The van der Waals surface area contributed by atoms with Gasteiger partial charge in [0.05, 0.1) is 11.6 Å². The van der Waals surface area contributed by atoms with E-state index < -0.39 is 0 Å². The highest BCUT2D eigenvalue weighted by Crippen LogP contribution is 2.34. The largest absolute Gasteiger partial charge is 0.376 e. The average molecular weight is 335 g/mol. The standard InChI is InChI=1S/C17H29N5O2/c1-4-21-10-11-22(12-14(21)15-18-8-9-20(15)2)16(23)19-13-17(24-3)6-5-7-17/h8-9,14H,4-7,10-13H2,1-3H3,(H,19,23)/t14-/m0/s1. The van der Waals surface area contributed by atoms with Crippen LogP contribution in [0.2, 0.25) is 0 Å². The predicted octanol–water partition coefficient (Wildman–Crippen LogP) is 1.38. The number of likely N-dealkylation sites (N-methyl/N-ethyl adjacent to an activating group) is 1. The Morgan fingerprint density at radius 1 is 1.46 bits per heavy atom. The molecule has 24 heavy (non-hydrogen) atoms. The number of imidazole rings is 1. The summed E-state index contributed by atoms with van der Waals surface area (Å²) in [6, 6.07) is 0.155. The van der Waals surface area contributed by atoms with E-state index in [2.05, 4.69) is 22.1 Å². The first-order valence-electron chi connectivity index (χ1n) is 8.88. The van der Waals surface area contributed by atoms with Gasteiger partial charge in [-0.05, 0) is 25.8 Å². The van der Waals surface area contributed by atoms with Crippen molar-refractivity contribution in [1.29, 1.82) is 0 Å². The van der Waals surface area contributed by atoms with E-state index in [1.807, 2.05) is 28.9 Å². The monoisotopic (exact) mass is 335 g/mol. The lowest BCUT2D eigenvalue weighted by atomic mass is 9.80. The fraction of sp³-hybridized carbons (Fsp3) is 0.765. The zero-order chi connectivity index (χ0) is 17.2. The van der Waals surface area contributed by atoms with Gasteiger partial charge < -0.3 is 19.5 Å². The first-order valence-corrected chi connectivity index (χ1v) is 8.88. The summed E-state index contributed by atoms with van der Waals surface area (Å²) in [7, 11) is 3.75. The number of rotatable bonds is 5. The second kappa shape index (κ2) is 7.11. The lowest BCUT2D eigenvalue weighted by molar-refractivity contribution is -0.0681. The maximum absolute atomic E-state index is 12.6. The van der Waals surface area contributed by atoms with Crippen molar-refractivity contribution in [3.63, 3.8) is 0 Å². The SMILES string of the molecule is CCN1CCN(C(=O)NCC2(OC)CCC2)C[C@H]1c1nccn1C. The quantitative estimate of drug-likeness (QED) is 0.883. The van der Waals surface area contributed by atoms with E-state index >= 15 is 0 Å². The van der Waals surface area contributed by atoms with Gasteiger partial charge in [0.2, 0.25) is 0 Å². The minimum absolute atomic E-state index is 0.00767. The van der Waals surface area contributed by atoms with Crippen molar-refractivity contribution in [3.05, 3.63) is 18.2 Å². The van der Waals surface area contributed by atoms with Crippen LogP contribution in [0, 0.1) is 0 Å². The van der Waals surface area contributed by atoms with Crippen LogP contribution in [0.15, 0.2) is 12.4 Å². The third-order valence-electron chi connectivity index (χ3n) is 5.60. The molecule has 1 saturated heterocycles. The molecular weight excluding hydrogens is 306 g/mol. The molecule has 134 valence electrons. The molecule has 1 aromatic rings. The summed E-state index contributed by atoms with van der Waals surface area (Å²) in [4.78, 5) is 21.4. The minimum atomic E-state index is -0.139. The summed E-state index contributed by atoms with van der Waals surface area (Å²) in [6.45, 7) is 6.01. The number of nitrogens with one attached hydrogen (secondary N) is 1. The number of hydrogen-bond acceptors (Lipinski definition) is 4. The maximum atomic E-state index is 12.6. The summed E-state index contributed by atoms with van der Waals surface area (Å²) < 4.78 is 7.63. The molecule has 0 spiro atoms. The highest BCUT2D eigenvalue weighted by molar-refractivity contribution is 5.74. The molecule has 7 nitrogen and oxygen atoms in total. The van der Waals surface area contributed by atoms with Crippen LogP contribution in [0.5, 0.6) is 0 Å². The Kier molecular flexibility index (Phi) is 5.10. The second-order valence-corrected chi connectivity index (χ2v) is 6.89. The first kappa shape index (κ1) is 17.2. The molecule has 3 rings (SSSR count). The molecule has 1 aliphatic carbocycles. The summed E-state index contributed by atoms with van der Waals surface area (Å²) in [6.07, 6.45) is 7.02. The Morgan fingerprint density at radius 2 is 2.25 bits per heavy atom. The molecule has 1 saturated carbocycles. The van der Waals surface area contributed by atoms with Crippen LogP contribution in [-0.4, -0.2) is 70.8 Å². The van der Waals surface area contributed by atoms with Crippen LogP contribution >= 0.6 is 0 Å². The van der Waals surface area contributed by atoms with Crippen molar-refractivity contribution in [1.82, 2.24) is 24.7 Å². The number of piperazine rings is 1. The van der Waals surface area contributed by atoms with Crippen molar-refractivity contribution < 1.29 is 9.53 Å². The second-order valence-electron chi connectivity index (χ2n) is 6.89. The van der Waals surface area contributed by atoms with Crippen LogP contribution in [0.25, 0.3) is 0 Å². The van der Waals surface area contributed by atoms with Crippen LogP contribution < -0.4 is 5.32 Å². The van der Waals surface area contributed by atoms with Gasteiger partial charge in [-0.25, -0.2) is 9.78 Å². The number of ether oxygens (including phenoxy) is 1. The van der Waals surface area contributed by atoms with E-state index in [0.717, 1.165) is 38.3 Å². The fourth-order valence-corrected chi connectivity index (χ4v) is 3.70. The summed E-state index contributed by atoms with van der Waals surface area (Å²) in [5.41, 5.74) is -0.139. The van der Waals surface area contributed by atoms with E-state index in [1.165, 1.54) is 6.42 Å². The highest BCUT2D eigenvalue weighted by Gasteiger charge is 2.38. The summed E-state index contributed by atoms with van der Waals surface area (Å²) >= 11 is 0. The molecular formula is C17H29N5O2. The van der Waals surface area contributed by atoms with Gasteiger partial charge in [0.1, 0.15) is 5.82 Å². The molecule has 1 atom stereocenters. The van der Waals surface area contributed by atoms with Gasteiger partial charge in [0, 0.05) is 52.7 Å². The molecule has 2 fully saturated rings. The minimum Gasteiger partial charge on any atom is -0.376 e. The molecule has 2 aliphatic rings. The molecule has 7 heteroatoms. The van der Waals surface area contributed by atoms with Crippen molar-refractivity contribution in [3.8, 4) is 0 Å². The third kappa shape index (κ3) is 3.28. The normalized spacial score (nSPS) is 23.8. The Morgan fingerprint density at radius 3 is 2.79 bits per heavy atom. The molecule has 0 unspecified atom stereocenters. The highest BCUT2D eigenvalue weighted by atomic mass is 16.5. The van der Waals surface area contributed by atoms with Gasteiger partial charge in [-0.15, -0.1) is 0 Å². The van der Waals surface area contributed by atoms with E-state index in [9.17, 15) is 4.79 Å². The number of carbonyl (C=O) groups is 1. The van der Waals surface area contributed by atoms with Crippen LogP contribution in [0.1, 0.15) is 38.1 Å². The van der Waals surface area contributed by atoms with E-state index in [4.69, 9.17) is 4.74 Å². The van der Waals surface area contributed by atoms with E-state index in [0.29, 0.717) is 13.1 Å². The van der Waals surface area contributed by atoms with Crippen molar-refractivity contribution in [2.24, 2.45) is 7.05 Å². The van der Waals surface area contributed by atoms with Crippen LogP contribution in [-0.2, 0) is 11.8 Å². The Hall–Kier alpha value is -1.60. The molecule has 2 amide bonds. The smallest absolute Gasteiger partial charge is 0.317 e. The number of methoxy groups -OCH3 is 1. The van der Waals surface area contributed by atoms with Crippen molar-refractivity contribution in [2.45, 2.75) is 37.8 Å². The average Bonchev–Trinajstić information content (AvgIpc) is 2.99. The van der Waals surface area contributed by atoms with Gasteiger partial charge in [-0.3, -0.25) is 4.90 Å². The molecule has 0 radical (unpaired) electrons. The first-order chi connectivity index (χ1) is 11.6. The molecule has 0 aromatic carbocycles. The predicted molar refractivity (Wildman–Crippen MR) is 91.8 cm³/mol. The summed E-state index contributed by atoms with van der Waals surface area (Å²) in [5, 5.41) is 3.08. The maximum Gasteiger partial charge on any atom is 0.317 e. The number of aromatic nitrogens is 2. The number of hydrogen-bond donors (Lipinski definition) is 1. The third-order valence-corrected chi connectivity index (χ3v) is 5.60. The lowest BCUT2D eigenvalue weighted by Gasteiger charge is -2.43. The van der Waals surface area contributed by atoms with Gasteiger partial charge in [0.25, 0.3) is 0 Å². The Bertz CT molecular complexity index is 564.